The van der Waals surface area contributed by atoms with Crippen LogP contribution in [0.5, 0.6) is 0 Å². The maximum Gasteiger partial charge on any atom is 0.389 e. The molecule has 0 radical (unpaired) electrons. The fraction of sp³-hybridized carbons (Fsp3) is 0.455. The van der Waals surface area contributed by atoms with E-state index in [0.29, 0.717) is 11.4 Å². The maximum absolute atomic E-state index is 11.9. The van der Waals surface area contributed by atoms with Crippen molar-refractivity contribution in [3.05, 3.63) is 23.9 Å². The van der Waals surface area contributed by atoms with Gasteiger partial charge in [-0.15, -0.1) is 0 Å². The summed E-state index contributed by atoms with van der Waals surface area (Å²) in [5, 5.41) is 5.17. The smallest absolute Gasteiger partial charge is 0.372 e. The van der Waals surface area contributed by atoms with Gasteiger partial charge in [0.05, 0.1) is 5.56 Å². The van der Waals surface area contributed by atoms with Gasteiger partial charge in [-0.25, -0.2) is 4.98 Å². The van der Waals surface area contributed by atoms with Crippen LogP contribution in [0.3, 0.4) is 0 Å². The van der Waals surface area contributed by atoms with Gasteiger partial charge in [0.25, 0.3) is 5.91 Å². The Labute approximate surface area is 103 Å². The van der Waals surface area contributed by atoms with Gasteiger partial charge in [0.2, 0.25) is 0 Å². The first-order chi connectivity index (χ1) is 8.44. The van der Waals surface area contributed by atoms with Crippen LogP contribution in [0.15, 0.2) is 18.3 Å². The second kappa shape index (κ2) is 6.23. The number of rotatable bonds is 5. The predicted molar refractivity (Wildman–Crippen MR) is 61.4 cm³/mol. The normalized spacial score (nSPS) is 11.1. The molecule has 0 bridgehead atoms. The van der Waals surface area contributed by atoms with E-state index in [1.54, 1.807) is 19.2 Å². The minimum Gasteiger partial charge on any atom is -0.372 e. The molecular weight excluding hydrogens is 247 g/mol. The summed E-state index contributed by atoms with van der Waals surface area (Å²) in [5.74, 6) is -0.0413. The molecule has 100 valence electrons. The van der Waals surface area contributed by atoms with E-state index in [-0.39, 0.29) is 13.0 Å². The fourth-order valence-corrected chi connectivity index (χ4v) is 1.37. The van der Waals surface area contributed by atoms with Gasteiger partial charge < -0.3 is 10.6 Å². The summed E-state index contributed by atoms with van der Waals surface area (Å²) in [6.45, 7) is -0.0175. The van der Waals surface area contributed by atoms with E-state index in [1.165, 1.54) is 6.20 Å². The van der Waals surface area contributed by atoms with Crippen molar-refractivity contribution in [3.63, 3.8) is 0 Å². The maximum atomic E-state index is 11.9. The second-order valence-electron chi connectivity index (χ2n) is 3.62. The van der Waals surface area contributed by atoms with Crippen LogP contribution in [-0.2, 0) is 0 Å². The highest BCUT2D eigenvalue weighted by atomic mass is 19.4. The lowest BCUT2D eigenvalue weighted by Crippen LogP contribution is -2.26. The number of amides is 1. The van der Waals surface area contributed by atoms with Gasteiger partial charge in [-0.2, -0.15) is 13.2 Å². The molecule has 1 aromatic rings. The highest BCUT2D eigenvalue weighted by molar-refractivity contribution is 5.98. The van der Waals surface area contributed by atoms with Crippen LogP contribution in [0.1, 0.15) is 23.2 Å². The standard InChI is InChI=1S/C11H14F3N3O/c1-15-9-8(4-2-6-16-9)10(18)17-7-3-5-11(12,13)14/h2,4,6H,3,5,7H2,1H3,(H,15,16)(H,17,18). The highest BCUT2D eigenvalue weighted by Crippen LogP contribution is 2.20. The summed E-state index contributed by atoms with van der Waals surface area (Å²) < 4.78 is 35.7. The molecule has 0 unspecified atom stereocenters. The van der Waals surface area contributed by atoms with Crippen LogP contribution in [-0.4, -0.2) is 30.7 Å². The number of carbonyl (C=O) groups excluding carboxylic acids is 1. The van der Waals surface area contributed by atoms with Crippen molar-refractivity contribution >= 4 is 11.7 Å². The minimum atomic E-state index is -4.19. The summed E-state index contributed by atoms with van der Waals surface area (Å²) in [4.78, 5) is 15.6. The molecule has 0 saturated heterocycles. The van der Waals surface area contributed by atoms with E-state index in [4.69, 9.17) is 0 Å². The van der Waals surface area contributed by atoms with Gasteiger partial charge in [-0.05, 0) is 18.6 Å². The lowest BCUT2D eigenvalue weighted by molar-refractivity contribution is -0.135. The van der Waals surface area contributed by atoms with E-state index in [9.17, 15) is 18.0 Å². The first-order valence-corrected chi connectivity index (χ1v) is 5.42. The van der Waals surface area contributed by atoms with E-state index in [0.717, 1.165) is 0 Å². The number of nitrogens with zero attached hydrogens (tertiary/aromatic N) is 1. The number of nitrogens with one attached hydrogen (secondary N) is 2. The number of hydrogen-bond acceptors (Lipinski definition) is 3. The van der Waals surface area contributed by atoms with Gasteiger partial charge in [0.15, 0.2) is 0 Å². The van der Waals surface area contributed by atoms with Crippen LogP contribution in [0.4, 0.5) is 19.0 Å². The largest absolute Gasteiger partial charge is 0.389 e. The Morgan fingerprint density at radius 2 is 2.17 bits per heavy atom. The zero-order chi connectivity index (χ0) is 13.6. The molecule has 2 N–H and O–H groups in total. The molecular formula is C11H14F3N3O. The minimum absolute atomic E-state index is 0.0175. The Morgan fingerprint density at radius 3 is 2.78 bits per heavy atom. The predicted octanol–water partition coefficient (Wildman–Crippen LogP) is 2.20. The van der Waals surface area contributed by atoms with Crippen LogP contribution in [0, 0.1) is 0 Å². The van der Waals surface area contributed by atoms with Crippen LogP contribution in [0.2, 0.25) is 0 Å². The number of aromatic nitrogens is 1. The molecule has 1 heterocycles. The van der Waals surface area contributed by atoms with Crippen molar-refractivity contribution in [2.24, 2.45) is 0 Å². The molecule has 1 aromatic heterocycles. The Morgan fingerprint density at radius 1 is 1.44 bits per heavy atom. The van der Waals surface area contributed by atoms with E-state index >= 15 is 0 Å². The fourth-order valence-electron chi connectivity index (χ4n) is 1.37. The molecule has 7 heteroatoms. The molecule has 1 amide bonds. The van der Waals surface area contributed by atoms with Gasteiger partial charge in [-0.3, -0.25) is 4.79 Å². The van der Waals surface area contributed by atoms with Crippen molar-refractivity contribution in [2.75, 3.05) is 18.9 Å². The zero-order valence-corrected chi connectivity index (χ0v) is 9.84. The molecule has 18 heavy (non-hydrogen) atoms. The second-order valence-corrected chi connectivity index (χ2v) is 3.62. The third-order valence-corrected chi connectivity index (χ3v) is 2.21. The van der Waals surface area contributed by atoms with Gasteiger partial charge in [0.1, 0.15) is 5.82 Å². The highest BCUT2D eigenvalue weighted by Gasteiger charge is 2.26. The quantitative estimate of drug-likeness (QED) is 0.799. The molecule has 4 nitrogen and oxygen atoms in total. The summed E-state index contributed by atoms with van der Waals surface area (Å²) in [6.07, 6.45) is -3.70. The Hall–Kier alpha value is -1.79. The summed E-state index contributed by atoms with van der Waals surface area (Å²) in [6, 6.07) is 3.14. The average Bonchev–Trinajstić information content (AvgIpc) is 2.33. The summed E-state index contributed by atoms with van der Waals surface area (Å²) in [5.41, 5.74) is 0.312. The molecule has 0 aliphatic rings. The Bertz CT molecular complexity index is 407. The molecule has 0 atom stereocenters. The van der Waals surface area contributed by atoms with Gasteiger partial charge in [0, 0.05) is 26.2 Å². The van der Waals surface area contributed by atoms with E-state index in [1.807, 2.05) is 0 Å². The number of anilines is 1. The Kier molecular flexibility index (Phi) is 4.94. The molecule has 0 fully saturated rings. The van der Waals surface area contributed by atoms with Crippen LogP contribution < -0.4 is 10.6 Å². The molecule has 0 aromatic carbocycles. The van der Waals surface area contributed by atoms with Crippen molar-refractivity contribution in [1.82, 2.24) is 10.3 Å². The van der Waals surface area contributed by atoms with Gasteiger partial charge in [-0.1, -0.05) is 0 Å². The SMILES string of the molecule is CNc1ncccc1C(=O)NCCCC(F)(F)F. The molecule has 0 spiro atoms. The summed E-state index contributed by atoms with van der Waals surface area (Å²) >= 11 is 0. The van der Waals surface area contributed by atoms with Crippen LogP contribution >= 0.6 is 0 Å². The molecule has 0 aliphatic carbocycles. The first-order valence-electron chi connectivity index (χ1n) is 5.42. The van der Waals surface area contributed by atoms with E-state index < -0.39 is 18.5 Å². The molecule has 1 rings (SSSR count). The molecule has 0 aliphatic heterocycles. The molecule has 0 saturated carbocycles. The monoisotopic (exact) mass is 261 g/mol. The van der Waals surface area contributed by atoms with Crippen molar-refractivity contribution in [1.29, 1.82) is 0 Å². The third-order valence-electron chi connectivity index (χ3n) is 2.21. The Balaban J connectivity index is 2.46. The topological polar surface area (TPSA) is 54.0 Å². The number of alkyl halides is 3. The number of carbonyl (C=O) groups is 1. The third kappa shape index (κ3) is 4.60. The van der Waals surface area contributed by atoms with E-state index in [2.05, 4.69) is 15.6 Å². The van der Waals surface area contributed by atoms with Crippen LogP contribution in [0.25, 0.3) is 0 Å². The van der Waals surface area contributed by atoms with Gasteiger partial charge >= 0.3 is 6.18 Å². The van der Waals surface area contributed by atoms with Crippen molar-refractivity contribution in [2.45, 2.75) is 19.0 Å². The number of hydrogen-bond donors (Lipinski definition) is 2. The number of pyridine rings is 1. The average molecular weight is 261 g/mol. The summed E-state index contributed by atoms with van der Waals surface area (Å²) in [7, 11) is 1.61. The lowest BCUT2D eigenvalue weighted by Gasteiger charge is -2.09. The first kappa shape index (κ1) is 14.3. The van der Waals surface area contributed by atoms with Crippen molar-refractivity contribution < 1.29 is 18.0 Å². The van der Waals surface area contributed by atoms with Crippen molar-refractivity contribution in [3.8, 4) is 0 Å². The lowest BCUT2D eigenvalue weighted by atomic mass is 10.2. The zero-order valence-electron chi connectivity index (χ0n) is 9.84. The number of halogens is 3.